The fraction of sp³-hybridized carbons (Fsp3) is 0.625. The molecular formula is C16H23FN4OS. The lowest BCUT2D eigenvalue weighted by molar-refractivity contribution is 0.179. The molecule has 23 heavy (non-hydrogen) atoms. The second-order valence-corrected chi connectivity index (χ2v) is 7.34. The van der Waals surface area contributed by atoms with Crippen molar-refractivity contribution in [1.29, 1.82) is 0 Å². The van der Waals surface area contributed by atoms with E-state index in [4.69, 9.17) is 4.52 Å². The van der Waals surface area contributed by atoms with Crippen LogP contribution in [0.2, 0.25) is 0 Å². The molecule has 0 spiro atoms. The fourth-order valence-electron chi connectivity index (χ4n) is 3.16. The van der Waals surface area contributed by atoms with Crippen molar-refractivity contribution in [2.75, 3.05) is 20.1 Å². The predicted octanol–water partition coefficient (Wildman–Crippen LogP) is 2.79. The number of likely N-dealkylation sites (tertiary alicyclic amines) is 1. The molecule has 0 saturated carbocycles. The summed E-state index contributed by atoms with van der Waals surface area (Å²) in [6.45, 7) is 6.75. The van der Waals surface area contributed by atoms with Crippen LogP contribution < -0.4 is 0 Å². The highest BCUT2D eigenvalue weighted by atomic mass is 32.1. The van der Waals surface area contributed by atoms with E-state index in [2.05, 4.69) is 19.9 Å². The van der Waals surface area contributed by atoms with Crippen LogP contribution in [-0.2, 0) is 13.1 Å². The third-order valence-corrected chi connectivity index (χ3v) is 5.22. The third kappa shape index (κ3) is 4.16. The van der Waals surface area contributed by atoms with Gasteiger partial charge in [-0.15, -0.1) is 11.3 Å². The van der Waals surface area contributed by atoms with Crippen molar-refractivity contribution >= 4 is 11.3 Å². The molecule has 0 aliphatic carbocycles. The molecule has 0 N–H and O–H groups in total. The minimum absolute atomic E-state index is 0.226. The lowest BCUT2D eigenvalue weighted by Gasteiger charge is -2.27. The molecule has 2 aromatic rings. The number of likely N-dealkylation sites (N-methyl/N-ethyl adjacent to an activating group) is 1. The molecule has 0 radical (unpaired) electrons. The highest BCUT2D eigenvalue weighted by Crippen LogP contribution is 2.25. The molecule has 0 unspecified atom stereocenters. The molecule has 2 aromatic heterocycles. The smallest absolute Gasteiger partial charge is 0.133 e. The van der Waals surface area contributed by atoms with Gasteiger partial charge in [-0.25, -0.2) is 9.37 Å². The van der Waals surface area contributed by atoms with E-state index in [1.165, 1.54) is 4.88 Å². The Hall–Kier alpha value is -1.31. The number of nitrogens with zero attached hydrogens (tertiary/aromatic N) is 4. The van der Waals surface area contributed by atoms with Crippen LogP contribution in [0.4, 0.5) is 4.39 Å². The lowest BCUT2D eigenvalue weighted by atomic mass is 10.2. The summed E-state index contributed by atoms with van der Waals surface area (Å²) in [5.74, 6) is 0.820. The molecule has 5 nitrogen and oxygen atoms in total. The highest BCUT2D eigenvalue weighted by molar-refractivity contribution is 7.09. The normalized spacial score (nSPS) is 22.3. The van der Waals surface area contributed by atoms with Crippen molar-refractivity contribution in [3.63, 3.8) is 0 Å². The Balaban J connectivity index is 1.59. The van der Waals surface area contributed by atoms with Crippen LogP contribution in [0.1, 0.15) is 28.4 Å². The van der Waals surface area contributed by atoms with Gasteiger partial charge in [0.2, 0.25) is 0 Å². The maximum Gasteiger partial charge on any atom is 0.133 e. The van der Waals surface area contributed by atoms with Gasteiger partial charge in [0.05, 0.1) is 16.9 Å². The molecule has 1 aliphatic rings. The largest absolute Gasteiger partial charge is 0.361 e. The minimum atomic E-state index is -0.740. The van der Waals surface area contributed by atoms with Crippen molar-refractivity contribution in [1.82, 2.24) is 19.9 Å². The van der Waals surface area contributed by atoms with E-state index in [-0.39, 0.29) is 6.04 Å². The van der Waals surface area contributed by atoms with Crippen molar-refractivity contribution in [2.45, 2.75) is 45.6 Å². The first-order valence-corrected chi connectivity index (χ1v) is 8.77. The topological polar surface area (TPSA) is 45.4 Å². The molecule has 0 aromatic carbocycles. The first-order valence-electron chi connectivity index (χ1n) is 7.89. The lowest BCUT2D eigenvalue weighted by Crippen LogP contribution is -2.38. The standard InChI is InChI=1S/C16H23FN4OS/c1-11-4-14(19-22-11)7-20(3)8-15-5-13(17)6-21(15)9-16-12(2)18-10-23-16/h4,10,13,15H,5-9H2,1-3H3/t13-,15-/m0/s1. The van der Waals surface area contributed by atoms with Crippen LogP contribution in [0.25, 0.3) is 0 Å². The van der Waals surface area contributed by atoms with E-state index in [1.54, 1.807) is 11.3 Å². The Morgan fingerprint density at radius 1 is 1.48 bits per heavy atom. The molecule has 126 valence electrons. The van der Waals surface area contributed by atoms with Gasteiger partial charge < -0.3 is 4.52 Å². The summed E-state index contributed by atoms with van der Waals surface area (Å²) >= 11 is 1.65. The van der Waals surface area contributed by atoms with Gasteiger partial charge in [0.25, 0.3) is 0 Å². The molecule has 1 saturated heterocycles. The van der Waals surface area contributed by atoms with Gasteiger partial charge in [0.15, 0.2) is 0 Å². The molecule has 2 atom stereocenters. The van der Waals surface area contributed by atoms with Crippen LogP contribution >= 0.6 is 11.3 Å². The second kappa shape index (κ2) is 7.07. The quantitative estimate of drug-likeness (QED) is 0.810. The second-order valence-electron chi connectivity index (χ2n) is 6.40. The fourth-order valence-corrected chi connectivity index (χ4v) is 3.96. The van der Waals surface area contributed by atoms with Gasteiger partial charge in [-0.2, -0.15) is 0 Å². The van der Waals surface area contributed by atoms with Gasteiger partial charge in [-0.05, 0) is 27.3 Å². The van der Waals surface area contributed by atoms with Gasteiger partial charge in [0.1, 0.15) is 11.9 Å². The summed E-state index contributed by atoms with van der Waals surface area (Å²) in [5, 5.41) is 4.03. The number of aromatic nitrogens is 2. The van der Waals surface area contributed by atoms with E-state index in [0.29, 0.717) is 13.0 Å². The van der Waals surface area contributed by atoms with E-state index >= 15 is 0 Å². The average molecular weight is 338 g/mol. The summed E-state index contributed by atoms with van der Waals surface area (Å²) in [6.07, 6.45) is -0.143. The molecule has 7 heteroatoms. The molecule has 1 fully saturated rings. The van der Waals surface area contributed by atoms with Crippen molar-refractivity contribution < 1.29 is 8.91 Å². The zero-order valence-corrected chi connectivity index (χ0v) is 14.6. The zero-order chi connectivity index (χ0) is 16.4. The summed E-state index contributed by atoms with van der Waals surface area (Å²) in [5.41, 5.74) is 3.84. The average Bonchev–Trinajstić information content (AvgIpc) is 3.15. The first kappa shape index (κ1) is 16.5. The number of thiazole rings is 1. The van der Waals surface area contributed by atoms with E-state index in [9.17, 15) is 4.39 Å². The Morgan fingerprint density at radius 2 is 2.30 bits per heavy atom. The van der Waals surface area contributed by atoms with Crippen LogP contribution in [0.5, 0.6) is 0 Å². The number of hydrogen-bond acceptors (Lipinski definition) is 6. The third-order valence-electron chi connectivity index (χ3n) is 4.30. The zero-order valence-electron chi connectivity index (χ0n) is 13.8. The monoisotopic (exact) mass is 338 g/mol. The number of halogens is 1. The Kier molecular flexibility index (Phi) is 5.08. The summed E-state index contributed by atoms with van der Waals surface area (Å²) < 4.78 is 19.0. The van der Waals surface area contributed by atoms with E-state index in [1.807, 2.05) is 32.5 Å². The molecular weight excluding hydrogens is 315 g/mol. The minimum Gasteiger partial charge on any atom is -0.361 e. The molecule has 0 bridgehead atoms. The SMILES string of the molecule is Cc1cc(CN(C)C[C@@H]2C[C@H](F)CN2Cc2scnc2C)no1. The number of hydrogen-bond donors (Lipinski definition) is 0. The summed E-state index contributed by atoms with van der Waals surface area (Å²) in [7, 11) is 2.05. The first-order chi connectivity index (χ1) is 11.0. The maximum absolute atomic E-state index is 13.9. The Labute approximate surface area is 140 Å². The number of rotatable bonds is 6. The number of aryl methyl sites for hydroxylation is 2. The molecule has 3 rings (SSSR count). The Morgan fingerprint density at radius 3 is 2.96 bits per heavy atom. The van der Waals surface area contributed by atoms with Crippen LogP contribution in [0.3, 0.4) is 0 Å². The summed E-state index contributed by atoms with van der Waals surface area (Å²) in [4.78, 5) is 9.96. The highest BCUT2D eigenvalue weighted by Gasteiger charge is 2.33. The molecule has 1 aliphatic heterocycles. The van der Waals surface area contributed by atoms with Crippen LogP contribution in [-0.4, -0.2) is 52.3 Å². The molecule has 0 amide bonds. The number of alkyl halides is 1. The van der Waals surface area contributed by atoms with Gasteiger partial charge in [-0.3, -0.25) is 9.80 Å². The van der Waals surface area contributed by atoms with Gasteiger partial charge in [-0.1, -0.05) is 5.16 Å². The summed E-state index contributed by atoms with van der Waals surface area (Å²) in [6, 6.07) is 2.17. The van der Waals surface area contributed by atoms with E-state index < -0.39 is 6.17 Å². The molecule has 3 heterocycles. The predicted molar refractivity (Wildman–Crippen MR) is 88.1 cm³/mol. The van der Waals surface area contributed by atoms with Crippen molar-refractivity contribution in [3.8, 4) is 0 Å². The van der Waals surface area contributed by atoms with Gasteiger partial charge in [0, 0.05) is 43.2 Å². The van der Waals surface area contributed by atoms with Crippen molar-refractivity contribution in [2.24, 2.45) is 0 Å². The van der Waals surface area contributed by atoms with Crippen LogP contribution in [0, 0.1) is 13.8 Å². The van der Waals surface area contributed by atoms with Gasteiger partial charge >= 0.3 is 0 Å². The Bertz CT molecular complexity index is 644. The van der Waals surface area contributed by atoms with E-state index in [0.717, 1.165) is 36.8 Å². The van der Waals surface area contributed by atoms with Crippen molar-refractivity contribution in [3.05, 3.63) is 33.6 Å². The maximum atomic E-state index is 13.9. The van der Waals surface area contributed by atoms with Crippen LogP contribution in [0.15, 0.2) is 16.1 Å².